The van der Waals surface area contributed by atoms with Gasteiger partial charge in [-0.3, -0.25) is 9.39 Å². The van der Waals surface area contributed by atoms with Gasteiger partial charge in [0.25, 0.3) is 0 Å². The summed E-state index contributed by atoms with van der Waals surface area (Å²) in [5.74, 6) is 2.83. The molecular formula is C22H34N6O. The Balaban J connectivity index is 1.16. The molecule has 0 spiro atoms. The molecular weight excluding hydrogens is 364 g/mol. The maximum absolute atomic E-state index is 6.20. The highest BCUT2D eigenvalue weighted by atomic mass is 16.5. The van der Waals surface area contributed by atoms with E-state index >= 15 is 0 Å². The topological polar surface area (TPSA) is 67.0 Å². The van der Waals surface area contributed by atoms with Gasteiger partial charge in [-0.1, -0.05) is 18.9 Å². The van der Waals surface area contributed by atoms with Gasteiger partial charge in [0, 0.05) is 45.9 Å². The molecule has 2 aromatic heterocycles. The first-order chi connectivity index (χ1) is 14.3. The average molecular weight is 399 g/mol. The van der Waals surface area contributed by atoms with Crippen LogP contribution in [0.4, 0.5) is 0 Å². The summed E-state index contributed by atoms with van der Waals surface area (Å²) in [7, 11) is 1.87. The number of aromatic nitrogens is 3. The van der Waals surface area contributed by atoms with Gasteiger partial charge in [0.1, 0.15) is 5.82 Å². The lowest BCUT2D eigenvalue weighted by atomic mass is 10.1. The van der Waals surface area contributed by atoms with Crippen LogP contribution in [-0.4, -0.2) is 64.9 Å². The van der Waals surface area contributed by atoms with E-state index in [1.165, 1.54) is 25.7 Å². The molecule has 0 amide bonds. The predicted molar refractivity (Wildman–Crippen MR) is 115 cm³/mol. The number of hydrogen-bond acceptors (Lipinski definition) is 4. The van der Waals surface area contributed by atoms with Crippen molar-refractivity contribution in [2.45, 2.75) is 57.5 Å². The van der Waals surface area contributed by atoms with E-state index in [4.69, 9.17) is 4.74 Å². The van der Waals surface area contributed by atoms with E-state index < -0.39 is 0 Å². The summed E-state index contributed by atoms with van der Waals surface area (Å²) in [4.78, 5) is 6.85. The minimum absolute atomic E-state index is 0.422. The number of likely N-dealkylation sites (tertiary alicyclic amines) is 1. The van der Waals surface area contributed by atoms with Gasteiger partial charge in [-0.05, 0) is 50.2 Å². The van der Waals surface area contributed by atoms with Crippen molar-refractivity contribution in [2.24, 2.45) is 10.9 Å². The fraction of sp³-hybridized carbons (Fsp3) is 0.682. The van der Waals surface area contributed by atoms with E-state index in [1.807, 2.05) is 31.4 Å². The fourth-order valence-electron chi connectivity index (χ4n) is 4.52. The number of nitrogens with zero attached hydrogens (tertiary/aromatic N) is 5. The molecule has 1 aliphatic carbocycles. The summed E-state index contributed by atoms with van der Waals surface area (Å²) in [6.45, 7) is 3.88. The van der Waals surface area contributed by atoms with Gasteiger partial charge in [-0.25, -0.2) is 0 Å². The molecule has 2 aliphatic rings. The van der Waals surface area contributed by atoms with Crippen LogP contribution in [0.25, 0.3) is 5.65 Å². The third kappa shape index (κ3) is 5.26. The van der Waals surface area contributed by atoms with Gasteiger partial charge in [0.2, 0.25) is 0 Å². The van der Waals surface area contributed by atoms with Gasteiger partial charge in [0.15, 0.2) is 11.6 Å². The Bertz CT molecular complexity index is 789. The third-order valence-corrected chi connectivity index (χ3v) is 6.24. The van der Waals surface area contributed by atoms with E-state index in [9.17, 15) is 0 Å². The summed E-state index contributed by atoms with van der Waals surface area (Å²) >= 11 is 0. The molecule has 0 atom stereocenters. The zero-order chi connectivity index (χ0) is 19.9. The molecule has 1 N–H and O–H groups in total. The fourth-order valence-corrected chi connectivity index (χ4v) is 4.52. The number of guanidine groups is 1. The monoisotopic (exact) mass is 398 g/mol. The van der Waals surface area contributed by atoms with Gasteiger partial charge >= 0.3 is 0 Å². The zero-order valence-electron chi connectivity index (χ0n) is 17.6. The molecule has 0 radical (unpaired) electrons. The second-order valence-electron chi connectivity index (χ2n) is 8.29. The molecule has 29 heavy (non-hydrogen) atoms. The molecule has 1 saturated carbocycles. The van der Waals surface area contributed by atoms with Crippen molar-refractivity contribution in [3.05, 3.63) is 30.2 Å². The van der Waals surface area contributed by atoms with Crippen molar-refractivity contribution < 1.29 is 4.74 Å². The van der Waals surface area contributed by atoms with Crippen LogP contribution in [0.1, 0.15) is 50.8 Å². The first kappa shape index (κ1) is 20.1. The summed E-state index contributed by atoms with van der Waals surface area (Å²) < 4.78 is 8.26. The van der Waals surface area contributed by atoms with Crippen LogP contribution in [0.15, 0.2) is 29.4 Å². The number of aliphatic imine (C=N–C) groups is 1. The summed E-state index contributed by atoms with van der Waals surface area (Å²) in [5, 5.41) is 12.0. The predicted octanol–water partition coefficient (Wildman–Crippen LogP) is 2.91. The van der Waals surface area contributed by atoms with Crippen molar-refractivity contribution in [3.63, 3.8) is 0 Å². The number of ether oxygens (including phenoxy) is 1. The van der Waals surface area contributed by atoms with Crippen molar-refractivity contribution in [2.75, 3.05) is 33.3 Å². The van der Waals surface area contributed by atoms with Crippen LogP contribution in [0.3, 0.4) is 0 Å². The molecule has 7 nitrogen and oxygen atoms in total. The largest absolute Gasteiger partial charge is 0.378 e. The molecule has 0 bridgehead atoms. The molecule has 0 aromatic carbocycles. The van der Waals surface area contributed by atoms with Crippen LogP contribution in [0.5, 0.6) is 0 Å². The Morgan fingerprint density at radius 3 is 2.79 bits per heavy atom. The number of aryl methyl sites for hydroxylation is 1. The Kier molecular flexibility index (Phi) is 6.98. The quantitative estimate of drug-likeness (QED) is 0.441. The Labute approximate surface area is 173 Å². The lowest BCUT2D eigenvalue weighted by Gasteiger charge is -2.34. The molecule has 0 unspecified atom stereocenters. The van der Waals surface area contributed by atoms with E-state index in [-0.39, 0.29) is 0 Å². The normalized spacial score (nSPS) is 19.3. The highest BCUT2D eigenvalue weighted by Crippen LogP contribution is 2.26. The molecule has 4 rings (SSSR count). The Morgan fingerprint density at radius 1 is 1.17 bits per heavy atom. The third-order valence-electron chi connectivity index (χ3n) is 6.24. The van der Waals surface area contributed by atoms with Crippen molar-refractivity contribution in [3.8, 4) is 0 Å². The van der Waals surface area contributed by atoms with Crippen molar-refractivity contribution in [1.82, 2.24) is 24.8 Å². The molecule has 2 aromatic rings. The second kappa shape index (κ2) is 10.1. The Hall–Kier alpha value is -2.15. The van der Waals surface area contributed by atoms with Crippen molar-refractivity contribution >= 4 is 11.6 Å². The van der Waals surface area contributed by atoms with Gasteiger partial charge in [-0.2, -0.15) is 0 Å². The van der Waals surface area contributed by atoms with Gasteiger partial charge < -0.3 is 15.0 Å². The number of rotatable bonds is 7. The molecule has 2 fully saturated rings. The smallest absolute Gasteiger partial charge is 0.193 e. The second-order valence-corrected chi connectivity index (χ2v) is 8.29. The number of nitrogens with one attached hydrogen (secondary N) is 1. The lowest BCUT2D eigenvalue weighted by Crippen LogP contribution is -2.47. The van der Waals surface area contributed by atoms with Crippen LogP contribution in [0.2, 0.25) is 0 Å². The maximum Gasteiger partial charge on any atom is 0.193 e. The summed E-state index contributed by atoms with van der Waals surface area (Å²) in [5.41, 5.74) is 0.907. The lowest BCUT2D eigenvalue weighted by molar-refractivity contribution is 0.00102. The first-order valence-corrected chi connectivity index (χ1v) is 11.2. The average Bonchev–Trinajstić information content (AvgIpc) is 3.43. The van der Waals surface area contributed by atoms with E-state index in [2.05, 4.69) is 29.8 Å². The van der Waals surface area contributed by atoms with Crippen molar-refractivity contribution in [1.29, 1.82) is 0 Å². The standard InChI is InChI=1S/C22H34N6O/c1-23-22(24-13-6-10-21-26-25-20-9-4-5-14-28(20)21)27-15-11-19(12-16-27)29-17-18-7-2-3-8-18/h4-5,9,14,18-19H,2-3,6-8,10-13,15-17H2,1H3,(H,23,24). The summed E-state index contributed by atoms with van der Waals surface area (Å²) in [6, 6.07) is 5.99. The molecule has 7 heteroatoms. The molecule has 1 saturated heterocycles. The van der Waals surface area contributed by atoms with Crippen LogP contribution < -0.4 is 5.32 Å². The Morgan fingerprint density at radius 2 is 2.00 bits per heavy atom. The van der Waals surface area contributed by atoms with E-state index in [0.717, 1.165) is 75.3 Å². The van der Waals surface area contributed by atoms with E-state index in [1.54, 1.807) is 0 Å². The number of piperidine rings is 1. The minimum Gasteiger partial charge on any atom is -0.378 e. The zero-order valence-corrected chi connectivity index (χ0v) is 17.6. The highest BCUT2D eigenvalue weighted by molar-refractivity contribution is 5.79. The highest BCUT2D eigenvalue weighted by Gasteiger charge is 2.23. The van der Waals surface area contributed by atoms with Gasteiger partial charge in [0.05, 0.1) is 6.10 Å². The molecule has 1 aliphatic heterocycles. The SMILES string of the molecule is CN=C(NCCCc1nnc2ccccn12)N1CCC(OCC2CCCC2)CC1. The number of pyridine rings is 1. The van der Waals surface area contributed by atoms with Crippen LogP contribution in [0, 0.1) is 5.92 Å². The number of fused-ring (bicyclic) bond motifs is 1. The maximum atomic E-state index is 6.20. The molecule has 158 valence electrons. The van der Waals surface area contributed by atoms with Crippen LogP contribution in [-0.2, 0) is 11.2 Å². The van der Waals surface area contributed by atoms with Crippen LogP contribution >= 0.6 is 0 Å². The molecule has 3 heterocycles. The minimum atomic E-state index is 0.422. The number of hydrogen-bond donors (Lipinski definition) is 1. The van der Waals surface area contributed by atoms with E-state index in [0.29, 0.717) is 6.10 Å². The first-order valence-electron chi connectivity index (χ1n) is 11.2. The van der Waals surface area contributed by atoms with Gasteiger partial charge in [-0.15, -0.1) is 10.2 Å². The summed E-state index contributed by atoms with van der Waals surface area (Å²) in [6.07, 6.45) is 12.0.